The van der Waals surface area contributed by atoms with Gasteiger partial charge in [-0.25, -0.2) is 0 Å². The third kappa shape index (κ3) is 2.26. The van der Waals surface area contributed by atoms with Crippen molar-refractivity contribution in [3.63, 3.8) is 0 Å². The van der Waals surface area contributed by atoms with Gasteiger partial charge in [0.15, 0.2) is 0 Å². The van der Waals surface area contributed by atoms with Crippen LogP contribution in [0.5, 0.6) is 0 Å². The van der Waals surface area contributed by atoms with E-state index in [1.54, 1.807) is 6.20 Å². The van der Waals surface area contributed by atoms with E-state index in [1.165, 1.54) is 0 Å². The molecule has 0 atom stereocenters. The minimum absolute atomic E-state index is 0.00398. The van der Waals surface area contributed by atoms with Gasteiger partial charge in [0.05, 0.1) is 0 Å². The fourth-order valence-electron chi connectivity index (χ4n) is 1.96. The summed E-state index contributed by atoms with van der Waals surface area (Å²) in [5.74, 6) is 0.00398. The molecule has 2 nitrogen and oxygen atoms in total. The topological polar surface area (TPSA) is 30.0 Å². The van der Waals surface area contributed by atoms with E-state index in [-0.39, 0.29) is 5.78 Å². The summed E-state index contributed by atoms with van der Waals surface area (Å²) in [6.07, 6.45) is 1.68. The third-order valence-corrected chi connectivity index (χ3v) is 2.86. The number of carbonyl (C=O) groups is 1. The van der Waals surface area contributed by atoms with E-state index in [1.807, 2.05) is 51.1 Å². The maximum Gasteiger partial charge on any atom is 0.211 e. The van der Waals surface area contributed by atoms with Crippen LogP contribution in [0.25, 0.3) is 0 Å². The zero-order valence-corrected chi connectivity index (χ0v) is 10.3. The van der Waals surface area contributed by atoms with E-state index < -0.39 is 0 Å². The maximum atomic E-state index is 12.4. The molecule has 2 heteroatoms. The Morgan fingerprint density at radius 1 is 1.06 bits per heavy atom. The van der Waals surface area contributed by atoms with E-state index in [9.17, 15) is 4.79 Å². The van der Waals surface area contributed by atoms with E-state index >= 15 is 0 Å². The van der Waals surface area contributed by atoms with Gasteiger partial charge in [0.1, 0.15) is 5.69 Å². The smallest absolute Gasteiger partial charge is 0.211 e. The van der Waals surface area contributed by atoms with Crippen molar-refractivity contribution in [3.05, 3.63) is 64.5 Å². The highest BCUT2D eigenvalue weighted by Crippen LogP contribution is 2.17. The molecule has 1 heterocycles. The van der Waals surface area contributed by atoms with Crippen molar-refractivity contribution in [1.29, 1.82) is 0 Å². The predicted octanol–water partition coefficient (Wildman–Crippen LogP) is 3.24. The van der Waals surface area contributed by atoms with Crippen LogP contribution in [-0.2, 0) is 0 Å². The molecule has 0 saturated carbocycles. The van der Waals surface area contributed by atoms with Crippen molar-refractivity contribution < 1.29 is 4.79 Å². The summed E-state index contributed by atoms with van der Waals surface area (Å²) < 4.78 is 0. The highest BCUT2D eigenvalue weighted by molar-refractivity contribution is 6.09. The van der Waals surface area contributed by atoms with Crippen molar-refractivity contribution in [1.82, 2.24) is 4.98 Å². The van der Waals surface area contributed by atoms with E-state index in [2.05, 4.69) is 4.98 Å². The molecule has 0 unspecified atom stereocenters. The van der Waals surface area contributed by atoms with Crippen LogP contribution < -0.4 is 0 Å². The van der Waals surface area contributed by atoms with Crippen molar-refractivity contribution in [2.24, 2.45) is 0 Å². The molecule has 0 aliphatic heterocycles. The molecule has 1 aromatic heterocycles. The Hall–Kier alpha value is -1.96. The second kappa shape index (κ2) is 4.50. The molecule has 0 radical (unpaired) electrons. The quantitative estimate of drug-likeness (QED) is 0.734. The lowest BCUT2D eigenvalue weighted by atomic mass is 9.97. The SMILES string of the molecule is Cc1ccnc(C(=O)c2c(C)cccc2C)c1. The summed E-state index contributed by atoms with van der Waals surface area (Å²) in [6.45, 7) is 5.87. The lowest BCUT2D eigenvalue weighted by molar-refractivity contribution is 0.103. The summed E-state index contributed by atoms with van der Waals surface area (Å²) in [5, 5.41) is 0. The first-order valence-corrected chi connectivity index (χ1v) is 5.63. The molecule has 0 aliphatic carbocycles. The fourth-order valence-corrected chi connectivity index (χ4v) is 1.96. The maximum absolute atomic E-state index is 12.4. The molecule has 1 aromatic carbocycles. The number of aryl methyl sites for hydroxylation is 3. The molecular formula is C15H15NO. The molecular weight excluding hydrogens is 210 g/mol. The van der Waals surface area contributed by atoms with E-state index in [0.717, 1.165) is 22.3 Å². The van der Waals surface area contributed by atoms with Crippen molar-refractivity contribution >= 4 is 5.78 Å². The number of carbonyl (C=O) groups excluding carboxylic acids is 1. The van der Waals surface area contributed by atoms with Crippen LogP contribution in [0.2, 0.25) is 0 Å². The van der Waals surface area contributed by atoms with Gasteiger partial charge < -0.3 is 0 Å². The molecule has 0 spiro atoms. The number of hydrogen-bond acceptors (Lipinski definition) is 2. The van der Waals surface area contributed by atoms with Gasteiger partial charge in [0.25, 0.3) is 0 Å². The number of ketones is 1. The fraction of sp³-hybridized carbons (Fsp3) is 0.200. The Bertz CT molecular complexity index is 553. The highest BCUT2D eigenvalue weighted by Gasteiger charge is 2.15. The lowest BCUT2D eigenvalue weighted by Gasteiger charge is -2.08. The average molecular weight is 225 g/mol. The molecule has 2 rings (SSSR count). The van der Waals surface area contributed by atoms with Gasteiger partial charge in [-0.15, -0.1) is 0 Å². The van der Waals surface area contributed by atoms with Crippen LogP contribution in [0.1, 0.15) is 32.7 Å². The average Bonchev–Trinajstić information content (AvgIpc) is 2.28. The zero-order valence-electron chi connectivity index (χ0n) is 10.3. The van der Waals surface area contributed by atoms with Crippen LogP contribution in [-0.4, -0.2) is 10.8 Å². The number of nitrogens with zero attached hydrogens (tertiary/aromatic N) is 1. The van der Waals surface area contributed by atoms with Gasteiger partial charge in [-0.05, 0) is 49.6 Å². The van der Waals surface area contributed by atoms with Crippen LogP contribution in [0, 0.1) is 20.8 Å². The normalized spacial score (nSPS) is 10.3. The summed E-state index contributed by atoms with van der Waals surface area (Å²) >= 11 is 0. The molecule has 0 bridgehead atoms. The van der Waals surface area contributed by atoms with Gasteiger partial charge in [0.2, 0.25) is 5.78 Å². The lowest BCUT2D eigenvalue weighted by Crippen LogP contribution is -2.08. The van der Waals surface area contributed by atoms with Crippen LogP contribution in [0.15, 0.2) is 36.5 Å². The molecule has 86 valence electrons. The molecule has 0 aliphatic rings. The summed E-state index contributed by atoms with van der Waals surface area (Å²) in [6, 6.07) is 9.59. The first kappa shape index (κ1) is 11.5. The summed E-state index contributed by atoms with van der Waals surface area (Å²) in [4.78, 5) is 16.5. The third-order valence-electron chi connectivity index (χ3n) is 2.86. The number of aromatic nitrogens is 1. The van der Waals surface area contributed by atoms with Crippen molar-refractivity contribution in [3.8, 4) is 0 Å². The number of pyridine rings is 1. The van der Waals surface area contributed by atoms with Crippen LogP contribution in [0.3, 0.4) is 0 Å². The molecule has 0 N–H and O–H groups in total. The van der Waals surface area contributed by atoms with Gasteiger partial charge in [0, 0.05) is 11.8 Å². The zero-order chi connectivity index (χ0) is 12.4. The van der Waals surface area contributed by atoms with Crippen LogP contribution in [0.4, 0.5) is 0 Å². The van der Waals surface area contributed by atoms with Crippen LogP contribution >= 0.6 is 0 Å². The van der Waals surface area contributed by atoms with Crippen molar-refractivity contribution in [2.45, 2.75) is 20.8 Å². The molecule has 17 heavy (non-hydrogen) atoms. The molecule has 2 aromatic rings. The second-order valence-electron chi connectivity index (χ2n) is 4.31. The highest BCUT2D eigenvalue weighted by atomic mass is 16.1. The first-order chi connectivity index (χ1) is 8.09. The molecule has 0 fully saturated rings. The number of rotatable bonds is 2. The Labute approximate surface area is 101 Å². The largest absolute Gasteiger partial charge is 0.287 e. The molecule has 0 saturated heterocycles. The first-order valence-electron chi connectivity index (χ1n) is 5.63. The minimum atomic E-state index is 0.00398. The van der Waals surface area contributed by atoms with Gasteiger partial charge >= 0.3 is 0 Å². The van der Waals surface area contributed by atoms with E-state index in [4.69, 9.17) is 0 Å². The predicted molar refractivity (Wildman–Crippen MR) is 68.3 cm³/mol. The summed E-state index contributed by atoms with van der Waals surface area (Å²) in [5.41, 5.74) is 4.33. The summed E-state index contributed by atoms with van der Waals surface area (Å²) in [7, 11) is 0. The Morgan fingerprint density at radius 2 is 1.71 bits per heavy atom. The minimum Gasteiger partial charge on any atom is -0.287 e. The number of hydrogen-bond donors (Lipinski definition) is 0. The monoisotopic (exact) mass is 225 g/mol. The van der Waals surface area contributed by atoms with Gasteiger partial charge in [-0.1, -0.05) is 18.2 Å². The molecule has 0 amide bonds. The van der Waals surface area contributed by atoms with Gasteiger partial charge in [-0.3, -0.25) is 9.78 Å². The standard InChI is InChI=1S/C15H15NO/c1-10-7-8-16-13(9-10)15(17)14-11(2)5-4-6-12(14)3/h4-9H,1-3H3. The van der Waals surface area contributed by atoms with Crippen molar-refractivity contribution in [2.75, 3.05) is 0 Å². The van der Waals surface area contributed by atoms with E-state index in [0.29, 0.717) is 5.69 Å². The Morgan fingerprint density at radius 3 is 2.29 bits per heavy atom. The Kier molecular flexibility index (Phi) is 3.05. The second-order valence-corrected chi connectivity index (χ2v) is 4.31. The number of benzene rings is 1. The Balaban J connectivity index is 2.51. The van der Waals surface area contributed by atoms with Gasteiger partial charge in [-0.2, -0.15) is 0 Å².